The molecule has 4 nitrogen and oxygen atoms in total. The maximum absolute atomic E-state index is 6.04. The van der Waals surface area contributed by atoms with Crippen molar-refractivity contribution in [1.82, 2.24) is 19.8 Å². The lowest BCUT2D eigenvalue weighted by Gasteiger charge is -1.99. The van der Waals surface area contributed by atoms with E-state index in [9.17, 15) is 0 Å². The molecule has 0 saturated carbocycles. The van der Waals surface area contributed by atoms with Gasteiger partial charge < -0.3 is 0 Å². The molecule has 0 aliphatic rings. The number of fused-ring (bicyclic) bond motifs is 1. The van der Waals surface area contributed by atoms with Crippen molar-refractivity contribution in [3.8, 4) is 11.4 Å². The summed E-state index contributed by atoms with van der Waals surface area (Å²) in [4.78, 5) is 0.804. The van der Waals surface area contributed by atoms with Crippen molar-refractivity contribution < 1.29 is 0 Å². The first-order valence-electron chi connectivity index (χ1n) is 7.22. The second kappa shape index (κ2) is 5.76. The minimum Gasteiger partial charge on any atom is -0.183 e. The fourth-order valence-corrected chi connectivity index (χ4v) is 3.59. The summed E-state index contributed by atoms with van der Waals surface area (Å²) in [7, 11) is 0. The monoisotopic (exact) mass is 340 g/mol. The lowest BCUT2D eigenvalue weighted by molar-refractivity contribution is 0.917. The predicted octanol–water partition coefficient (Wildman–Crippen LogP) is 4.41. The highest BCUT2D eigenvalue weighted by atomic mass is 35.5. The summed E-state index contributed by atoms with van der Waals surface area (Å²) >= 11 is 7.60. The summed E-state index contributed by atoms with van der Waals surface area (Å²) in [5, 5.41) is 14.9. The number of aryl methyl sites for hydroxylation is 1. The van der Waals surface area contributed by atoms with Crippen LogP contribution in [-0.4, -0.2) is 19.8 Å². The Morgan fingerprint density at radius 2 is 1.96 bits per heavy atom. The van der Waals surface area contributed by atoms with Gasteiger partial charge in [-0.15, -0.1) is 10.2 Å². The van der Waals surface area contributed by atoms with Crippen LogP contribution in [0.4, 0.5) is 0 Å². The van der Waals surface area contributed by atoms with Crippen LogP contribution in [0.15, 0.2) is 48.5 Å². The first-order valence-corrected chi connectivity index (χ1v) is 8.41. The molecule has 0 unspecified atom stereocenters. The van der Waals surface area contributed by atoms with Crippen LogP contribution in [0.3, 0.4) is 0 Å². The van der Waals surface area contributed by atoms with Crippen molar-refractivity contribution >= 4 is 27.9 Å². The van der Waals surface area contributed by atoms with Gasteiger partial charge >= 0.3 is 0 Å². The number of benzene rings is 2. The second-order valence-electron chi connectivity index (χ2n) is 5.39. The summed E-state index contributed by atoms with van der Waals surface area (Å²) < 4.78 is 1.82. The quantitative estimate of drug-likeness (QED) is 0.555. The molecule has 0 aliphatic carbocycles. The van der Waals surface area contributed by atoms with Gasteiger partial charge in [0.05, 0.1) is 0 Å². The Kier molecular flexibility index (Phi) is 3.59. The van der Waals surface area contributed by atoms with Gasteiger partial charge in [-0.3, -0.25) is 0 Å². The van der Waals surface area contributed by atoms with E-state index in [1.54, 1.807) is 11.3 Å². The fraction of sp³-hybridized carbons (Fsp3) is 0.118. The molecule has 0 bridgehead atoms. The van der Waals surface area contributed by atoms with Gasteiger partial charge in [-0.05, 0) is 30.7 Å². The molecule has 23 heavy (non-hydrogen) atoms. The third-order valence-electron chi connectivity index (χ3n) is 3.55. The molecule has 0 saturated heterocycles. The van der Waals surface area contributed by atoms with E-state index < -0.39 is 0 Å². The minimum atomic E-state index is 0.738. The van der Waals surface area contributed by atoms with Crippen LogP contribution in [0.1, 0.15) is 16.1 Å². The smallest absolute Gasteiger partial charge is 0.183 e. The number of aromatic nitrogens is 4. The van der Waals surface area contributed by atoms with Crippen molar-refractivity contribution in [1.29, 1.82) is 0 Å². The maximum Gasteiger partial charge on any atom is 0.234 e. The Morgan fingerprint density at radius 1 is 1.09 bits per heavy atom. The first-order chi connectivity index (χ1) is 11.2. The van der Waals surface area contributed by atoms with Gasteiger partial charge in [0.1, 0.15) is 5.01 Å². The second-order valence-corrected chi connectivity index (χ2v) is 6.87. The lowest BCUT2D eigenvalue weighted by Crippen LogP contribution is -1.94. The van der Waals surface area contributed by atoms with Crippen LogP contribution in [0, 0.1) is 6.92 Å². The van der Waals surface area contributed by atoms with E-state index in [2.05, 4.69) is 40.4 Å². The van der Waals surface area contributed by atoms with Gasteiger partial charge in [0, 0.05) is 17.0 Å². The summed E-state index contributed by atoms with van der Waals surface area (Å²) in [6.07, 6.45) is 0.738. The highest BCUT2D eigenvalue weighted by Gasteiger charge is 2.13. The fourth-order valence-electron chi connectivity index (χ4n) is 2.51. The minimum absolute atomic E-state index is 0.738. The molecule has 4 aromatic rings. The SMILES string of the molecule is Cc1cccc(-c2nnc3sc(Cc4cccc(Cl)c4)nn23)c1. The van der Waals surface area contributed by atoms with E-state index in [1.165, 1.54) is 5.56 Å². The average molecular weight is 341 g/mol. The molecule has 6 heteroatoms. The molecular weight excluding hydrogens is 328 g/mol. The van der Waals surface area contributed by atoms with E-state index in [0.29, 0.717) is 0 Å². The number of hydrogen-bond acceptors (Lipinski definition) is 4. The first kappa shape index (κ1) is 14.4. The molecule has 0 radical (unpaired) electrons. The van der Waals surface area contributed by atoms with Crippen LogP contribution in [-0.2, 0) is 6.42 Å². The molecular formula is C17H13ClN4S. The van der Waals surface area contributed by atoms with Gasteiger partial charge in [0.15, 0.2) is 5.82 Å². The number of hydrogen-bond donors (Lipinski definition) is 0. The molecule has 0 N–H and O–H groups in total. The molecule has 2 aromatic heterocycles. The molecule has 2 aromatic carbocycles. The summed E-state index contributed by atoms with van der Waals surface area (Å²) in [5.74, 6) is 0.775. The zero-order valence-electron chi connectivity index (χ0n) is 12.4. The summed E-state index contributed by atoms with van der Waals surface area (Å²) in [6, 6.07) is 16.0. The van der Waals surface area contributed by atoms with Crippen LogP contribution >= 0.6 is 22.9 Å². The Bertz CT molecular complexity index is 989. The van der Waals surface area contributed by atoms with Crippen molar-refractivity contribution in [3.05, 3.63) is 69.7 Å². The van der Waals surface area contributed by atoms with Gasteiger partial charge in [-0.1, -0.05) is 58.8 Å². The van der Waals surface area contributed by atoms with Gasteiger partial charge in [-0.25, -0.2) is 0 Å². The van der Waals surface area contributed by atoms with E-state index in [4.69, 9.17) is 11.6 Å². The third-order valence-corrected chi connectivity index (χ3v) is 4.69. The number of halogens is 1. The van der Waals surface area contributed by atoms with E-state index >= 15 is 0 Å². The van der Waals surface area contributed by atoms with Crippen LogP contribution in [0.25, 0.3) is 16.3 Å². The Morgan fingerprint density at radius 3 is 2.78 bits per heavy atom. The normalized spacial score (nSPS) is 11.2. The lowest BCUT2D eigenvalue weighted by atomic mass is 10.1. The Labute approximate surface area is 142 Å². The molecule has 0 aliphatic heterocycles. The molecule has 0 spiro atoms. The van der Waals surface area contributed by atoms with Crippen LogP contribution in [0.2, 0.25) is 5.02 Å². The molecule has 4 rings (SSSR count). The highest BCUT2D eigenvalue weighted by molar-refractivity contribution is 7.16. The average Bonchev–Trinajstić information content (AvgIpc) is 3.07. The van der Waals surface area contributed by atoms with Crippen molar-refractivity contribution in [2.75, 3.05) is 0 Å². The molecule has 0 fully saturated rings. The van der Waals surface area contributed by atoms with Crippen molar-refractivity contribution in [2.24, 2.45) is 0 Å². The van der Waals surface area contributed by atoms with Crippen LogP contribution in [0.5, 0.6) is 0 Å². The zero-order valence-corrected chi connectivity index (χ0v) is 14.0. The largest absolute Gasteiger partial charge is 0.234 e. The van der Waals surface area contributed by atoms with E-state index in [-0.39, 0.29) is 0 Å². The molecule has 0 atom stereocenters. The third kappa shape index (κ3) is 2.85. The van der Waals surface area contributed by atoms with E-state index in [1.807, 2.05) is 34.8 Å². The highest BCUT2D eigenvalue weighted by Crippen LogP contribution is 2.24. The maximum atomic E-state index is 6.04. The summed E-state index contributed by atoms with van der Waals surface area (Å²) in [5.41, 5.74) is 3.35. The molecule has 2 heterocycles. The molecule has 0 amide bonds. The Hall–Kier alpha value is -2.24. The number of rotatable bonds is 3. The predicted molar refractivity (Wildman–Crippen MR) is 93.1 cm³/mol. The topological polar surface area (TPSA) is 43.1 Å². The van der Waals surface area contributed by atoms with Crippen molar-refractivity contribution in [3.63, 3.8) is 0 Å². The molecule has 114 valence electrons. The number of nitrogens with zero attached hydrogens (tertiary/aromatic N) is 4. The zero-order chi connectivity index (χ0) is 15.8. The van der Waals surface area contributed by atoms with Crippen LogP contribution < -0.4 is 0 Å². The Balaban J connectivity index is 1.72. The van der Waals surface area contributed by atoms with Crippen molar-refractivity contribution in [2.45, 2.75) is 13.3 Å². The van der Waals surface area contributed by atoms with E-state index in [0.717, 1.165) is 38.4 Å². The van der Waals surface area contributed by atoms with Gasteiger partial charge in [0.25, 0.3) is 0 Å². The van der Waals surface area contributed by atoms with Gasteiger partial charge in [-0.2, -0.15) is 9.61 Å². The van der Waals surface area contributed by atoms with Gasteiger partial charge in [0.2, 0.25) is 4.96 Å². The standard InChI is InChI=1S/C17H13ClN4S/c1-11-4-2-6-13(8-11)16-19-20-17-22(16)21-15(23-17)10-12-5-3-7-14(18)9-12/h2-9H,10H2,1H3. The summed E-state index contributed by atoms with van der Waals surface area (Å²) in [6.45, 7) is 2.06.